The summed E-state index contributed by atoms with van der Waals surface area (Å²) in [6.07, 6.45) is 1.62. The van der Waals surface area contributed by atoms with Crippen LogP contribution in [0, 0.1) is 11.6 Å². The predicted octanol–water partition coefficient (Wildman–Crippen LogP) is 5.47. The second-order valence-electron chi connectivity index (χ2n) is 5.95. The van der Waals surface area contributed by atoms with Crippen molar-refractivity contribution in [3.05, 3.63) is 88.7 Å². The Balaban J connectivity index is 1.80. The lowest BCUT2D eigenvalue weighted by atomic mass is 10.2. The molecule has 0 spiro atoms. The number of carbonyl (C=O) groups excluding carboxylic acids is 1. The molecule has 1 amide bonds. The SMILES string of the molecule is O=C(c1cccc(Cl)c1)N(Cc1ccccn1)c1nc2c(F)cc(F)cc2s1. The van der Waals surface area contributed by atoms with Gasteiger partial charge < -0.3 is 0 Å². The average Bonchev–Trinajstić information content (AvgIpc) is 3.10. The van der Waals surface area contributed by atoms with Crippen LogP contribution in [0.15, 0.2) is 60.8 Å². The molecule has 0 atom stereocenters. The minimum absolute atomic E-state index is 0.0197. The van der Waals surface area contributed by atoms with E-state index < -0.39 is 11.6 Å². The monoisotopic (exact) mass is 415 g/mol. The van der Waals surface area contributed by atoms with Gasteiger partial charge in [0, 0.05) is 22.8 Å². The van der Waals surface area contributed by atoms with Gasteiger partial charge in [-0.25, -0.2) is 13.8 Å². The first-order valence-electron chi connectivity index (χ1n) is 8.24. The zero-order valence-electron chi connectivity index (χ0n) is 14.3. The molecule has 0 aliphatic heterocycles. The van der Waals surface area contributed by atoms with Gasteiger partial charge in [0.1, 0.15) is 11.3 Å². The highest BCUT2D eigenvalue weighted by molar-refractivity contribution is 7.22. The summed E-state index contributed by atoms with van der Waals surface area (Å²) in [7, 11) is 0. The topological polar surface area (TPSA) is 46.1 Å². The number of halogens is 3. The molecule has 2 aromatic carbocycles. The Labute approximate surface area is 168 Å². The van der Waals surface area contributed by atoms with E-state index in [1.54, 1.807) is 48.7 Å². The third-order valence-corrected chi connectivity index (χ3v) is 5.26. The van der Waals surface area contributed by atoms with E-state index in [9.17, 15) is 13.6 Å². The van der Waals surface area contributed by atoms with Crippen LogP contribution < -0.4 is 4.90 Å². The summed E-state index contributed by atoms with van der Waals surface area (Å²) in [5, 5.41) is 0.663. The van der Waals surface area contributed by atoms with Crippen LogP contribution in [0.3, 0.4) is 0 Å². The minimum atomic E-state index is -0.773. The Kier molecular flexibility index (Phi) is 5.02. The van der Waals surface area contributed by atoms with E-state index in [4.69, 9.17) is 11.6 Å². The van der Waals surface area contributed by atoms with Gasteiger partial charge in [0.2, 0.25) is 0 Å². The highest BCUT2D eigenvalue weighted by Gasteiger charge is 2.23. The first kappa shape index (κ1) is 18.5. The lowest BCUT2D eigenvalue weighted by molar-refractivity contribution is 0.0985. The van der Waals surface area contributed by atoms with E-state index in [1.807, 2.05) is 0 Å². The molecule has 0 fully saturated rings. The van der Waals surface area contributed by atoms with Crippen LogP contribution >= 0.6 is 22.9 Å². The molecule has 0 aliphatic carbocycles. The molecular formula is C20H12ClF2N3OS. The van der Waals surface area contributed by atoms with Crippen LogP contribution in [0.5, 0.6) is 0 Å². The third-order valence-electron chi connectivity index (χ3n) is 4.00. The number of benzene rings is 2. The summed E-state index contributed by atoms with van der Waals surface area (Å²) in [6.45, 7) is 0.121. The second kappa shape index (κ2) is 7.61. The largest absolute Gasteiger partial charge is 0.278 e. The number of pyridine rings is 1. The smallest absolute Gasteiger partial charge is 0.260 e. The predicted molar refractivity (Wildman–Crippen MR) is 106 cm³/mol. The zero-order chi connectivity index (χ0) is 19.7. The number of hydrogen-bond acceptors (Lipinski definition) is 4. The molecule has 4 nitrogen and oxygen atoms in total. The van der Waals surface area contributed by atoms with E-state index in [-0.39, 0.29) is 23.1 Å². The van der Waals surface area contributed by atoms with Gasteiger partial charge in [-0.15, -0.1) is 0 Å². The molecule has 140 valence electrons. The van der Waals surface area contributed by atoms with E-state index in [2.05, 4.69) is 9.97 Å². The molecule has 0 N–H and O–H groups in total. The second-order valence-corrected chi connectivity index (χ2v) is 7.40. The van der Waals surface area contributed by atoms with Crippen LogP contribution in [0.25, 0.3) is 10.2 Å². The van der Waals surface area contributed by atoms with Gasteiger partial charge in [0.15, 0.2) is 10.9 Å². The van der Waals surface area contributed by atoms with Crippen LogP contribution in [0.2, 0.25) is 5.02 Å². The van der Waals surface area contributed by atoms with E-state index in [0.717, 1.165) is 17.4 Å². The molecule has 0 saturated carbocycles. The fourth-order valence-corrected chi connectivity index (χ4v) is 3.91. The summed E-state index contributed by atoms with van der Waals surface area (Å²) < 4.78 is 28.0. The number of aromatic nitrogens is 2. The molecule has 0 unspecified atom stereocenters. The molecule has 0 bridgehead atoms. The van der Waals surface area contributed by atoms with Crippen molar-refractivity contribution in [3.63, 3.8) is 0 Å². The molecule has 2 aromatic heterocycles. The molecular weight excluding hydrogens is 404 g/mol. The molecule has 4 rings (SSSR count). The van der Waals surface area contributed by atoms with E-state index >= 15 is 0 Å². The molecule has 8 heteroatoms. The molecule has 0 saturated heterocycles. The molecule has 4 aromatic rings. The Morgan fingerprint density at radius 2 is 1.96 bits per heavy atom. The Morgan fingerprint density at radius 1 is 1.11 bits per heavy atom. The standard InChI is InChI=1S/C20H12ClF2N3OS/c21-13-5-3-4-12(8-13)19(27)26(11-15-6-1-2-7-24-15)20-25-18-16(23)9-14(22)10-17(18)28-20/h1-10H,11H2. The Morgan fingerprint density at radius 3 is 2.71 bits per heavy atom. The van der Waals surface area contributed by atoms with Crippen LogP contribution in [0.1, 0.15) is 16.1 Å². The maximum Gasteiger partial charge on any atom is 0.260 e. The summed E-state index contributed by atoms with van der Waals surface area (Å²) in [4.78, 5) is 23.0. The van der Waals surface area contributed by atoms with Crippen molar-refractivity contribution in [1.82, 2.24) is 9.97 Å². The summed E-state index contributed by atoms with van der Waals surface area (Å²) >= 11 is 7.05. The van der Waals surface area contributed by atoms with Crippen molar-refractivity contribution in [2.75, 3.05) is 4.90 Å². The van der Waals surface area contributed by atoms with Crippen molar-refractivity contribution < 1.29 is 13.6 Å². The van der Waals surface area contributed by atoms with E-state index in [1.165, 1.54) is 11.0 Å². The first-order chi connectivity index (χ1) is 13.5. The van der Waals surface area contributed by atoms with Gasteiger partial charge in [-0.3, -0.25) is 14.7 Å². The quantitative estimate of drug-likeness (QED) is 0.444. The number of thiazole rings is 1. The van der Waals surface area contributed by atoms with Gasteiger partial charge in [0.25, 0.3) is 5.91 Å². The lowest BCUT2D eigenvalue weighted by Crippen LogP contribution is -2.30. The number of rotatable bonds is 4. The summed E-state index contributed by atoms with van der Waals surface area (Å²) in [5.41, 5.74) is 1.00. The van der Waals surface area contributed by atoms with Crippen molar-refractivity contribution in [2.45, 2.75) is 6.54 Å². The number of nitrogens with zero attached hydrogens (tertiary/aromatic N) is 3. The summed E-state index contributed by atoms with van der Waals surface area (Å²) in [6, 6.07) is 13.8. The van der Waals surface area contributed by atoms with Crippen molar-refractivity contribution in [3.8, 4) is 0 Å². The summed E-state index contributed by atoms with van der Waals surface area (Å²) in [5.74, 6) is -1.84. The maximum atomic E-state index is 14.1. The van der Waals surface area contributed by atoms with Gasteiger partial charge in [-0.1, -0.05) is 35.1 Å². The van der Waals surface area contributed by atoms with Gasteiger partial charge >= 0.3 is 0 Å². The zero-order valence-corrected chi connectivity index (χ0v) is 15.8. The van der Waals surface area contributed by atoms with E-state index in [0.29, 0.717) is 21.0 Å². The normalized spacial score (nSPS) is 11.0. The first-order valence-corrected chi connectivity index (χ1v) is 9.43. The fraction of sp³-hybridized carbons (Fsp3) is 0.0500. The molecule has 28 heavy (non-hydrogen) atoms. The highest BCUT2D eigenvalue weighted by Crippen LogP contribution is 2.32. The average molecular weight is 416 g/mol. The third kappa shape index (κ3) is 3.72. The molecule has 0 radical (unpaired) electrons. The maximum absolute atomic E-state index is 14.1. The number of anilines is 1. The lowest BCUT2D eigenvalue weighted by Gasteiger charge is -2.19. The highest BCUT2D eigenvalue weighted by atomic mass is 35.5. The van der Waals surface area contributed by atoms with Gasteiger partial charge in [-0.2, -0.15) is 0 Å². The number of carbonyl (C=O) groups is 1. The molecule has 0 aliphatic rings. The molecule has 2 heterocycles. The van der Waals surface area contributed by atoms with Crippen molar-refractivity contribution in [1.29, 1.82) is 0 Å². The number of hydrogen-bond donors (Lipinski definition) is 0. The van der Waals surface area contributed by atoms with Crippen molar-refractivity contribution in [2.24, 2.45) is 0 Å². The van der Waals surface area contributed by atoms with Crippen LogP contribution in [0.4, 0.5) is 13.9 Å². The number of amides is 1. The van der Waals surface area contributed by atoms with Crippen LogP contribution in [-0.4, -0.2) is 15.9 Å². The van der Waals surface area contributed by atoms with Crippen molar-refractivity contribution >= 4 is 44.2 Å². The van der Waals surface area contributed by atoms with Gasteiger partial charge in [-0.05, 0) is 36.4 Å². The Hall–Kier alpha value is -2.90. The Bertz CT molecular complexity index is 1170. The van der Waals surface area contributed by atoms with Crippen LogP contribution in [-0.2, 0) is 6.54 Å². The minimum Gasteiger partial charge on any atom is -0.278 e. The number of fused-ring (bicyclic) bond motifs is 1. The fourth-order valence-electron chi connectivity index (χ4n) is 2.72. The van der Waals surface area contributed by atoms with Gasteiger partial charge in [0.05, 0.1) is 16.9 Å².